The average Bonchev–Trinajstić information content (AvgIpc) is 4.27. The molecule has 5 heterocycles. The lowest BCUT2D eigenvalue weighted by Crippen LogP contribution is -2.14. The van der Waals surface area contributed by atoms with Gasteiger partial charge in [-0.1, -0.05) is 182 Å². The molecule has 0 N–H and O–H groups in total. The molecule has 6 heteroatoms. The first kappa shape index (κ1) is 40.5. The van der Waals surface area contributed by atoms with E-state index in [2.05, 4.69) is 250 Å². The van der Waals surface area contributed by atoms with Crippen LogP contribution >= 0.6 is 22.7 Å². The Balaban J connectivity index is 1.28. The third kappa shape index (κ3) is 5.52. The summed E-state index contributed by atoms with van der Waals surface area (Å²) in [6, 6.07) is 86.9. The number of nitrogens with zero attached hydrogens (tertiary/aromatic N) is 4. The number of hydrogen-bond acceptors (Lipinski definition) is 3. The number of benzene rings is 11. The Bertz CT molecular complexity index is 4650. The van der Waals surface area contributed by atoms with Gasteiger partial charge in [-0.3, -0.25) is 0 Å². The molecule has 0 unspecified atom stereocenters. The summed E-state index contributed by atoms with van der Waals surface area (Å²) in [7, 11) is 0. The third-order valence-corrected chi connectivity index (χ3v) is 17.7. The molecule has 16 aromatic rings. The lowest BCUT2D eigenvalue weighted by Gasteiger charge is -2.29. The summed E-state index contributed by atoms with van der Waals surface area (Å²) in [5.41, 5.74) is 13.7. The monoisotopic (exact) mass is 962 g/mol. The summed E-state index contributed by atoms with van der Waals surface area (Å²) in [6.45, 7) is 0. The normalized spacial score (nSPS) is 12.1. The third-order valence-electron chi connectivity index (χ3n) is 15.3. The van der Waals surface area contributed by atoms with Crippen LogP contribution in [0.15, 0.2) is 231 Å². The Morgan fingerprint density at radius 1 is 0.274 bits per heavy atom. The second-order valence-corrected chi connectivity index (χ2v) is 21.1. The highest BCUT2D eigenvalue weighted by molar-refractivity contribution is 7.26. The first-order chi connectivity index (χ1) is 36.2. The molecule has 0 radical (unpaired) electrons. The van der Waals surface area contributed by atoms with Crippen molar-refractivity contribution in [2.45, 2.75) is 0 Å². The molecule has 0 aliphatic heterocycles. The molecule has 4 nitrogen and oxygen atoms in total. The lowest BCUT2D eigenvalue weighted by molar-refractivity contribution is 1.05. The molecule has 11 aromatic carbocycles. The van der Waals surface area contributed by atoms with E-state index in [4.69, 9.17) is 0 Å². The molecule has 0 fully saturated rings. The molecule has 0 saturated carbocycles. The van der Waals surface area contributed by atoms with E-state index in [0.717, 1.165) is 114 Å². The molecular formula is C67H38N4S2. The van der Waals surface area contributed by atoms with Crippen LogP contribution in [0.25, 0.3) is 145 Å². The molecule has 0 atom stereocenters. The van der Waals surface area contributed by atoms with Gasteiger partial charge in [0, 0.05) is 94.9 Å². The molecule has 73 heavy (non-hydrogen) atoms. The van der Waals surface area contributed by atoms with Crippen molar-refractivity contribution >= 4 is 128 Å². The highest BCUT2D eigenvalue weighted by atomic mass is 32.1. The van der Waals surface area contributed by atoms with Crippen LogP contribution in [0.5, 0.6) is 0 Å². The minimum Gasteiger partial charge on any atom is -0.306 e. The molecule has 0 bridgehead atoms. The van der Waals surface area contributed by atoms with Crippen LogP contribution in [0.2, 0.25) is 0 Å². The Morgan fingerprint density at radius 3 is 0.877 bits per heavy atom. The fourth-order valence-electron chi connectivity index (χ4n) is 12.4. The van der Waals surface area contributed by atoms with Gasteiger partial charge in [0.15, 0.2) is 0 Å². The fraction of sp³-hybridized carbons (Fsp3) is 0. The number of rotatable bonds is 5. The van der Waals surface area contributed by atoms with Crippen molar-refractivity contribution in [1.29, 1.82) is 5.26 Å². The zero-order valence-electron chi connectivity index (χ0n) is 39.0. The zero-order valence-corrected chi connectivity index (χ0v) is 40.7. The highest BCUT2D eigenvalue weighted by Crippen LogP contribution is 2.55. The second kappa shape index (κ2) is 15.4. The van der Waals surface area contributed by atoms with Crippen molar-refractivity contribution in [3.8, 4) is 45.4 Å². The van der Waals surface area contributed by atoms with Gasteiger partial charge in [-0.05, 0) is 48.5 Å². The van der Waals surface area contributed by atoms with Gasteiger partial charge in [-0.25, -0.2) is 0 Å². The molecule has 0 aliphatic rings. The summed E-state index contributed by atoms with van der Waals surface area (Å²) in [5, 5.41) is 24.4. The Kier molecular flexibility index (Phi) is 8.52. The second-order valence-electron chi connectivity index (χ2n) is 19.0. The zero-order chi connectivity index (χ0) is 47.9. The number of thiophene rings is 2. The lowest BCUT2D eigenvalue weighted by atomic mass is 9.86. The number of nitriles is 1. The maximum absolute atomic E-state index is 12.7. The van der Waals surface area contributed by atoms with E-state index < -0.39 is 0 Å². The maximum atomic E-state index is 12.7. The molecule has 338 valence electrons. The van der Waals surface area contributed by atoms with Crippen LogP contribution in [-0.4, -0.2) is 13.7 Å². The minimum absolute atomic E-state index is 0.619. The summed E-state index contributed by atoms with van der Waals surface area (Å²) in [4.78, 5) is 0. The summed E-state index contributed by atoms with van der Waals surface area (Å²) >= 11 is 3.62. The summed E-state index contributed by atoms with van der Waals surface area (Å²) < 4.78 is 12.2. The maximum Gasteiger partial charge on any atom is 0.101 e. The minimum atomic E-state index is 0.619. The van der Waals surface area contributed by atoms with Gasteiger partial charge in [-0.15, -0.1) is 22.7 Å². The molecule has 0 aliphatic carbocycles. The number of fused-ring (bicyclic) bond motifs is 15. The van der Waals surface area contributed by atoms with E-state index in [-0.39, 0.29) is 0 Å². The molecule has 5 aromatic heterocycles. The van der Waals surface area contributed by atoms with Gasteiger partial charge in [0.05, 0.1) is 55.7 Å². The van der Waals surface area contributed by atoms with Crippen molar-refractivity contribution in [2.24, 2.45) is 0 Å². The molecular weight excluding hydrogens is 925 g/mol. The van der Waals surface area contributed by atoms with E-state index in [1.807, 2.05) is 22.7 Å². The molecule has 16 rings (SSSR count). The van der Waals surface area contributed by atoms with Crippen LogP contribution in [-0.2, 0) is 0 Å². The average molecular weight is 963 g/mol. The van der Waals surface area contributed by atoms with Gasteiger partial charge in [0.25, 0.3) is 0 Å². The van der Waals surface area contributed by atoms with Crippen molar-refractivity contribution in [3.63, 3.8) is 0 Å². The fourth-order valence-corrected chi connectivity index (χ4v) is 14.8. The van der Waals surface area contributed by atoms with Crippen LogP contribution in [0, 0.1) is 11.3 Å². The predicted octanol–water partition coefficient (Wildman–Crippen LogP) is 18.9. The molecule has 0 amide bonds. The standard InChI is InChI=1S/C67H38N4S2/c68-39-52-61(50-29-17-27-48-46-25-7-15-37-59(46)72-66(48)50)63(69-53-31-9-1-19-40(53)41-20-2-10-32-54(41)69)65(71-57-35-13-5-23-44(57)45-24-6-14-36-58(45)71)64(70-55-33-11-3-21-42(55)43-22-4-12-34-56(43)70)62(52)51-30-18-28-49-47-26-8-16-38-60(47)73-67(49)51/h1-38H. The molecule has 0 spiro atoms. The van der Waals surface area contributed by atoms with E-state index in [1.165, 1.54) is 30.9 Å². The van der Waals surface area contributed by atoms with Crippen molar-refractivity contribution < 1.29 is 0 Å². The smallest absolute Gasteiger partial charge is 0.101 e. The summed E-state index contributed by atoms with van der Waals surface area (Å²) in [6.07, 6.45) is 0. The van der Waals surface area contributed by atoms with Gasteiger partial charge in [0.1, 0.15) is 6.07 Å². The van der Waals surface area contributed by atoms with Crippen LogP contribution in [0.3, 0.4) is 0 Å². The van der Waals surface area contributed by atoms with Crippen LogP contribution in [0.1, 0.15) is 5.56 Å². The van der Waals surface area contributed by atoms with E-state index in [1.54, 1.807) is 0 Å². The Morgan fingerprint density at radius 2 is 0.548 bits per heavy atom. The number of aromatic nitrogens is 3. The first-order valence-electron chi connectivity index (χ1n) is 24.7. The topological polar surface area (TPSA) is 38.6 Å². The first-order valence-corrected chi connectivity index (χ1v) is 26.3. The quantitative estimate of drug-likeness (QED) is 0.169. The van der Waals surface area contributed by atoms with Gasteiger partial charge in [0.2, 0.25) is 0 Å². The van der Waals surface area contributed by atoms with Crippen LogP contribution < -0.4 is 0 Å². The van der Waals surface area contributed by atoms with Gasteiger partial charge >= 0.3 is 0 Å². The number of hydrogen-bond donors (Lipinski definition) is 0. The van der Waals surface area contributed by atoms with Crippen LogP contribution in [0.4, 0.5) is 0 Å². The van der Waals surface area contributed by atoms with E-state index in [0.29, 0.717) is 5.56 Å². The summed E-state index contributed by atoms with van der Waals surface area (Å²) in [5.74, 6) is 0. The Labute approximate surface area is 426 Å². The van der Waals surface area contributed by atoms with Crippen molar-refractivity contribution in [2.75, 3.05) is 0 Å². The van der Waals surface area contributed by atoms with E-state index in [9.17, 15) is 5.26 Å². The molecule has 0 saturated heterocycles. The van der Waals surface area contributed by atoms with Crippen molar-refractivity contribution in [3.05, 3.63) is 236 Å². The predicted molar refractivity (Wildman–Crippen MR) is 311 cm³/mol. The van der Waals surface area contributed by atoms with Gasteiger partial charge in [-0.2, -0.15) is 5.26 Å². The number of para-hydroxylation sites is 6. The SMILES string of the molecule is N#Cc1c(-c2cccc3c2sc2ccccc23)c(-n2c3ccccc3c3ccccc32)c(-n2c3ccccc3c3ccccc32)c(-n2c3ccccc3c3ccccc32)c1-c1cccc2c1sc1ccccc12. The van der Waals surface area contributed by atoms with E-state index >= 15 is 0 Å². The van der Waals surface area contributed by atoms with Gasteiger partial charge < -0.3 is 13.7 Å². The highest BCUT2D eigenvalue weighted by Gasteiger charge is 2.35. The Hall–Kier alpha value is -9.25. The van der Waals surface area contributed by atoms with Crippen molar-refractivity contribution in [1.82, 2.24) is 13.7 Å². The largest absolute Gasteiger partial charge is 0.306 e.